The Kier molecular flexibility index (Phi) is 4.53. The second-order valence-corrected chi connectivity index (χ2v) is 6.13. The van der Waals surface area contributed by atoms with E-state index in [1.165, 1.54) is 0 Å². The van der Waals surface area contributed by atoms with E-state index in [1.54, 1.807) is 12.3 Å². The predicted octanol–water partition coefficient (Wildman–Crippen LogP) is 5.07. The zero-order chi connectivity index (χ0) is 16.2. The van der Waals surface area contributed by atoms with Crippen LogP contribution in [0.1, 0.15) is 15.9 Å². The molecule has 1 heterocycles. The number of carbonyl (C=O) groups excluding carboxylic acids is 1. The molecule has 3 rings (SSSR count). The van der Waals surface area contributed by atoms with E-state index in [0.29, 0.717) is 5.56 Å². The molecule has 23 heavy (non-hydrogen) atoms. The van der Waals surface area contributed by atoms with Crippen LogP contribution in [0.3, 0.4) is 0 Å². The molecule has 1 N–H and O–H groups in total. The molecule has 0 spiro atoms. The normalized spacial score (nSPS) is 10.3. The van der Waals surface area contributed by atoms with E-state index < -0.39 is 0 Å². The van der Waals surface area contributed by atoms with Crippen molar-refractivity contribution in [1.29, 1.82) is 0 Å². The molecular weight excluding hydrogens is 352 g/mol. The van der Waals surface area contributed by atoms with Crippen LogP contribution in [-0.2, 0) is 0 Å². The summed E-state index contributed by atoms with van der Waals surface area (Å²) in [6.45, 7) is 1.96. The quantitative estimate of drug-likeness (QED) is 0.702. The molecule has 0 aliphatic heterocycles. The minimum absolute atomic E-state index is 0.164. The lowest BCUT2D eigenvalue weighted by atomic mass is 10.1. The topological polar surface area (TPSA) is 42.0 Å². The van der Waals surface area contributed by atoms with Gasteiger partial charge in [-0.15, -0.1) is 0 Å². The summed E-state index contributed by atoms with van der Waals surface area (Å²) in [7, 11) is 0. The summed E-state index contributed by atoms with van der Waals surface area (Å²) in [4.78, 5) is 16.7. The van der Waals surface area contributed by atoms with Gasteiger partial charge in [0.2, 0.25) is 0 Å². The first-order valence-corrected chi connectivity index (χ1v) is 8.02. The Labute approximate surface area is 143 Å². The van der Waals surface area contributed by atoms with Gasteiger partial charge in [0, 0.05) is 21.9 Å². The number of rotatable bonds is 3. The summed E-state index contributed by atoms with van der Waals surface area (Å²) >= 11 is 3.41. The van der Waals surface area contributed by atoms with E-state index in [2.05, 4.69) is 26.2 Å². The lowest BCUT2D eigenvalue weighted by molar-refractivity contribution is 0.102. The number of nitrogens with one attached hydrogen (secondary N) is 1. The van der Waals surface area contributed by atoms with Crippen LogP contribution in [0.15, 0.2) is 71.3 Å². The molecule has 0 aliphatic carbocycles. The third-order valence-corrected chi connectivity index (χ3v) is 4.03. The van der Waals surface area contributed by atoms with Crippen LogP contribution in [0.25, 0.3) is 11.3 Å². The molecule has 3 aromatic rings. The van der Waals surface area contributed by atoms with Crippen LogP contribution in [0.4, 0.5) is 5.69 Å². The number of amides is 1. The highest BCUT2D eigenvalue weighted by Gasteiger charge is 2.09. The molecule has 0 radical (unpaired) electrons. The van der Waals surface area contributed by atoms with Gasteiger partial charge < -0.3 is 5.32 Å². The van der Waals surface area contributed by atoms with Crippen molar-refractivity contribution in [3.8, 4) is 11.3 Å². The first kappa shape index (κ1) is 15.4. The zero-order valence-electron chi connectivity index (χ0n) is 12.6. The van der Waals surface area contributed by atoms with Crippen molar-refractivity contribution >= 4 is 27.5 Å². The lowest BCUT2D eigenvalue weighted by Crippen LogP contribution is -2.13. The number of hydrogen-bond donors (Lipinski definition) is 1. The number of hydrogen-bond acceptors (Lipinski definition) is 2. The minimum Gasteiger partial charge on any atom is -0.322 e. The number of carbonyl (C=O) groups is 1. The number of anilines is 1. The number of aryl methyl sites for hydroxylation is 1. The van der Waals surface area contributed by atoms with Gasteiger partial charge in [0.25, 0.3) is 5.91 Å². The van der Waals surface area contributed by atoms with E-state index >= 15 is 0 Å². The Balaban J connectivity index is 1.78. The summed E-state index contributed by atoms with van der Waals surface area (Å²) in [5.74, 6) is -0.164. The SMILES string of the molecule is Cc1cc(Br)ccc1NC(=O)c1ccc(-c2ccccc2)nc1. The Morgan fingerprint density at radius 2 is 1.83 bits per heavy atom. The number of pyridine rings is 1. The molecule has 1 amide bonds. The molecule has 0 unspecified atom stereocenters. The molecule has 3 nitrogen and oxygen atoms in total. The van der Waals surface area contributed by atoms with Gasteiger partial charge in [-0.2, -0.15) is 0 Å². The molecule has 1 aromatic heterocycles. The smallest absolute Gasteiger partial charge is 0.257 e. The average molecular weight is 367 g/mol. The standard InChI is InChI=1S/C19H15BrN2O/c1-13-11-16(20)8-10-17(13)22-19(23)15-7-9-18(21-12-15)14-5-3-2-4-6-14/h2-12H,1H3,(H,22,23). The first-order valence-electron chi connectivity index (χ1n) is 7.22. The van der Waals surface area contributed by atoms with E-state index in [-0.39, 0.29) is 5.91 Å². The Morgan fingerprint density at radius 1 is 1.04 bits per heavy atom. The van der Waals surface area contributed by atoms with Gasteiger partial charge in [0.15, 0.2) is 0 Å². The highest BCUT2D eigenvalue weighted by Crippen LogP contribution is 2.21. The molecular formula is C19H15BrN2O. The van der Waals surface area contributed by atoms with E-state index in [4.69, 9.17) is 0 Å². The summed E-state index contributed by atoms with van der Waals surface area (Å²) in [6, 6.07) is 19.3. The van der Waals surface area contributed by atoms with E-state index in [0.717, 1.165) is 27.0 Å². The lowest BCUT2D eigenvalue weighted by Gasteiger charge is -2.09. The van der Waals surface area contributed by atoms with Gasteiger partial charge in [-0.1, -0.05) is 46.3 Å². The monoisotopic (exact) mass is 366 g/mol. The fraction of sp³-hybridized carbons (Fsp3) is 0.0526. The minimum atomic E-state index is -0.164. The van der Waals surface area contributed by atoms with Gasteiger partial charge in [0.1, 0.15) is 0 Å². The maximum Gasteiger partial charge on any atom is 0.257 e. The van der Waals surface area contributed by atoms with Gasteiger partial charge in [0.05, 0.1) is 11.3 Å². The van der Waals surface area contributed by atoms with Crippen LogP contribution in [-0.4, -0.2) is 10.9 Å². The molecule has 2 aromatic carbocycles. The van der Waals surface area contributed by atoms with Gasteiger partial charge in [-0.3, -0.25) is 9.78 Å². The molecule has 0 fully saturated rings. The van der Waals surface area contributed by atoms with Crippen LogP contribution in [0.5, 0.6) is 0 Å². The van der Waals surface area contributed by atoms with E-state index in [9.17, 15) is 4.79 Å². The van der Waals surface area contributed by atoms with Crippen LogP contribution in [0, 0.1) is 6.92 Å². The fourth-order valence-electron chi connectivity index (χ4n) is 2.27. The Bertz CT molecular complexity index is 830. The summed E-state index contributed by atoms with van der Waals surface area (Å²) < 4.78 is 0.988. The highest BCUT2D eigenvalue weighted by atomic mass is 79.9. The van der Waals surface area contributed by atoms with Crippen LogP contribution >= 0.6 is 15.9 Å². The Hall–Kier alpha value is -2.46. The van der Waals surface area contributed by atoms with Gasteiger partial charge in [-0.25, -0.2) is 0 Å². The van der Waals surface area contributed by atoms with Gasteiger partial charge >= 0.3 is 0 Å². The summed E-state index contributed by atoms with van der Waals surface area (Å²) in [5.41, 5.74) is 4.21. The fourth-order valence-corrected chi connectivity index (χ4v) is 2.75. The number of nitrogens with zero attached hydrogens (tertiary/aromatic N) is 1. The molecule has 0 aliphatic rings. The summed E-state index contributed by atoms with van der Waals surface area (Å²) in [6.07, 6.45) is 1.60. The van der Waals surface area contributed by atoms with Crippen molar-refractivity contribution in [2.24, 2.45) is 0 Å². The molecule has 4 heteroatoms. The maximum atomic E-state index is 12.3. The number of aromatic nitrogens is 1. The second-order valence-electron chi connectivity index (χ2n) is 5.21. The third kappa shape index (κ3) is 3.66. The predicted molar refractivity (Wildman–Crippen MR) is 96.5 cm³/mol. The average Bonchev–Trinajstić information content (AvgIpc) is 2.58. The molecule has 0 saturated carbocycles. The molecule has 0 atom stereocenters. The van der Waals surface area contributed by atoms with Crippen molar-refractivity contribution in [2.75, 3.05) is 5.32 Å². The summed E-state index contributed by atoms with van der Waals surface area (Å²) in [5, 5.41) is 2.91. The Morgan fingerprint density at radius 3 is 2.48 bits per heavy atom. The van der Waals surface area contributed by atoms with Crippen molar-refractivity contribution in [1.82, 2.24) is 4.98 Å². The van der Waals surface area contributed by atoms with Crippen molar-refractivity contribution in [3.63, 3.8) is 0 Å². The molecule has 0 bridgehead atoms. The molecule has 114 valence electrons. The van der Waals surface area contributed by atoms with E-state index in [1.807, 2.05) is 61.5 Å². The second kappa shape index (κ2) is 6.75. The zero-order valence-corrected chi connectivity index (χ0v) is 14.2. The van der Waals surface area contributed by atoms with Crippen molar-refractivity contribution in [3.05, 3.63) is 82.5 Å². The first-order chi connectivity index (χ1) is 11.1. The largest absolute Gasteiger partial charge is 0.322 e. The number of benzene rings is 2. The van der Waals surface area contributed by atoms with Crippen LogP contribution in [0.2, 0.25) is 0 Å². The van der Waals surface area contributed by atoms with Crippen LogP contribution < -0.4 is 5.32 Å². The van der Waals surface area contributed by atoms with Gasteiger partial charge in [-0.05, 0) is 42.8 Å². The van der Waals surface area contributed by atoms with Crippen molar-refractivity contribution in [2.45, 2.75) is 6.92 Å². The van der Waals surface area contributed by atoms with Crippen molar-refractivity contribution < 1.29 is 4.79 Å². The molecule has 0 saturated heterocycles. The highest BCUT2D eigenvalue weighted by molar-refractivity contribution is 9.10. The third-order valence-electron chi connectivity index (χ3n) is 3.53. The maximum absolute atomic E-state index is 12.3. The number of halogens is 1.